The SMILES string of the molecule is COC(=O)C1=CCC2C(=C1)CC[C@@H]2NC(=O)c1cc(C(=O)NCc2ccc(F)c(C)c2)nc2ccnn12. The number of benzene rings is 1. The highest BCUT2D eigenvalue weighted by atomic mass is 19.1. The fraction of sp³-hybridized carbons (Fsp3) is 0.296. The number of nitrogens with one attached hydrogen (secondary N) is 2. The summed E-state index contributed by atoms with van der Waals surface area (Å²) >= 11 is 0. The molecule has 5 rings (SSSR count). The Hall–Kier alpha value is -4.34. The first kappa shape index (κ1) is 24.4. The third kappa shape index (κ3) is 4.87. The van der Waals surface area contributed by atoms with Crippen LogP contribution in [-0.2, 0) is 16.1 Å². The zero-order valence-corrected chi connectivity index (χ0v) is 20.5. The van der Waals surface area contributed by atoms with E-state index in [1.165, 1.54) is 30.0 Å². The van der Waals surface area contributed by atoms with Crippen molar-refractivity contribution in [3.8, 4) is 0 Å². The van der Waals surface area contributed by atoms with Crippen LogP contribution in [0.15, 0.2) is 59.8 Å². The van der Waals surface area contributed by atoms with E-state index in [2.05, 4.69) is 20.7 Å². The predicted molar refractivity (Wildman–Crippen MR) is 132 cm³/mol. The Balaban J connectivity index is 1.32. The monoisotopic (exact) mass is 503 g/mol. The zero-order valence-electron chi connectivity index (χ0n) is 20.5. The number of carbonyl (C=O) groups is 3. The summed E-state index contributed by atoms with van der Waals surface area (Å²) in [5, 5.41) is 10.1. The minimum atomic E-state index is -0.460. The molecule has 37 heavy (non-hydrogen) atoms. The number of nitrogens with zero attached hydrogens (tertiary/aromatic N) is 3. The molecule has 9 nitrogen and oxygen atoms in total. The van der Waals surface area contributed by atoms with Gasteiger partial charge in [-0.25, -0.2) is 18.7 Å². The summed E-state index contributed by atoms with van der Waals surface area (Å²) in [6, 6.07) is 7.55. The van der Waals surface area contributed by atoms with Gasteiger partial charge in [0.05, 0.1) is 18.9 Å². The fourth-order valence-electron chi connectivity index (χ4n) is 4.93. The first-order valence-electron chi connectivity index (χ1n) is 12.0. The Morgan fingerprint density at radius 1 is 1.19 bits per heavy atom. The van der Waals surface area contributed by atoms with Gasteiger partial charge in [-0.3, -0.25) is 9.59 Å². The summed E-state index contributed by atoms with van der Waals surface area (Å²) < 4.78 is 19.8. The standard InChI is InChI=1S/C27H26FN5O4/c1-15-11-16(3-7-20(15)28)14-29-25(34)22-13-23(33-24(31-22)9-10-30-33)26(35)32-21-8-5-17-12-18(27(36)37-2)4-6-19(17)21/h3-4,7,9-13,19,21H,5-6,8,14H2,1-2H3,(H,29,34)(H,32,35)/t19?,21-/m0/s1. The number of allylic oxidation sites excluding steroid dienone is 1. The van der Waals surface area contributed by atoms with Crippen LogP contribution in [0.3, 0.4) is 0 Å². The van der Waals surface area contributed by atoms with Crippen LogP contribution >= 0.6 is 0 Å². The second-order valence-corrected chi connectivity index (χ2v) is 9.23. The molecule has 2 atom stereocenters. The number of hydrogen-bond acceptors (Lipinski definition) is 6. The van der Waals surface area contributed by atoms with E-state index in [1.54, 1.807) is 25.1 Å². The summed E-state index contributed by atoms with van der Waals surface area (Å²) in [5.74, 6) is -1.41. The zero-order chi connectivity index (χ0) is 26.1. The van der Waals surface area contributed by atoms with Gasteiger partial charge < -0.3 is 15.4 Å². The quantitative estimate of drug-likeness (QED) is 0.500. The smallest absolute Gasteiger partial charge is 0.337 e. The van der Waals surface area contributed by atoms with Crippen LogP contribution in [0.2, 0.25) is 0 Å². The molecule has 0 radical (unpaired) electrons. The molecule has 1 saturated carbocycles. The number of aryl methyl sites for hydroxylation is 1. The Morgan fingerprint density at radius 2 is 2.03 bits per heavy atom. The minimum absolute atomic E-state index is 0.0762. The van der Waals surface area contributed by atoms with Gasteiger partial charge >= 0.3 is 5.97 Å². The maximum Gasteiger partial charge on any atom is 0.337 e. The lowest BCUT2D eigenvalue weighted by Crippen LogP contribution is -2.39. The summed E-state index contributed by atoms with van der Waals surface area (Å²) in [7, 11) is 1.36. The minimum Gasteiger partial charge on any atom is -0.465 e. The van der Waals surface area contributed by atoms with Crippen LogP contribution < -0.4 is 10.6 Å². The number of amides is 2. The van der Waals surface area contributed by atoms with Crippen molar-refractivity contribution in [2.75, 3.05) is 7.11 Å². The second kappa shape index (κ2) is 9.96. The van der Waals surface area contributed by atoms with Crippen LogP contribution in [0.4, 0.5) is 4.39 Å². The van der Waals surface area contributed by atoms with E-state index in [9.17, 15) is 18.8 Å². The third-order valence-corrected chi connectivity index (χ3v) is 6.88. The molecule has 1 aromatic carbocycles. The van der Waals surface area contributed by atoms with Crippen LogP contribution in [0.25, 0.3) is 5.65 Å². The molecular formula is C27H26FN5O4. The van der Waals surface area contributed by atoms with Gasteiger partial charge in [-0.05, 0) is 49.5 Å². The molecule has 3 aromatic rings. The average Bonchev–Trinajstić information content (AvgIpc) is 3.54. The van der Waals surface area contributed by atoms with E-state index in [4.69, 9.17) is 4.74 Å². The Labute approximate surface area is 212 Å². The molecule has 1 fully saturated rings. The van der Waals surface area contributed by atoms with Crippen LogP contribution in [0.5, 0.6) is 0 Å². The molecular weight excluding hydrogens is 477 g/mol. The molecule has 2 heterocycles. The fourth-order valence-corrected chi connectivity index (χ4v) is 4.93. The summed E-state index contributed by atoms with van der Waals surface area (Å²) in [5.41, 5.74) is 3.53. The van der Waals surface area contributed by atoms with E-state index < -0.39 is 5.91 Å². The Kier molecular flexibility index (Phi) is 6.56. The van der Waals surface area contributed by atoms with Crippen molar-refractivity contribution in [2.24, 2.45) is 5.92 Å². The molecule has 2 N–H and O–H groups in total. The number of carbonyl (C=O) groups excluding carboxylic acids is 3. The number of ether oxygens (including phenoxy) is 1. The Morgan fingerprint density at radius 3 is 2.81 bits per heavy atom. The predicted octanol–water partition coefficient (Wildman–Crippen LogP) is 3.04. The van der Waals surface area contributed by atoms with E-state index in [1.807, 2.05) is 12.2 Å². The number of fused-ring (bicyclic) bond motifs is 2. The molecule has 0 aliphatic heterocycles. The highest BCUT2D eigenvalue weighted by molar-refractivity contribution is 5.98. The Bertz CT molecular complexity index is 1470. The highest BCUT2D eigenvalue weighted by Gasteiger charge is 2.35. The molecule has 10 heteroatoms. The van der Waals surface area contributed by atoms with Gasteiger partial charge in [0.1, 0.15) is 17.2 Å². The van der Waals surface area contributed by atoms with E-state index in [0.717, 1.165) is 24.0 Å². The van der Waals surface area contributed by atoms with E-state index >= 15 is 0 Å². The van der Waals surface area contributed by atoms with Gasteiger partial charge in [0.15, 0.2) is 5.65 Å². The number of esters is 1. The van der Waals surface area contributed by atoms with Crippen molar-refractivity contribution in [1.82, 2.24) is 25.2 Å². The first-order valence-corrected chi connectivity index (χ1v) is 12.0. The van der Waals surface area contributed by atoms with Crippen molar-refractivity contribution in [3.05, 3.63) is 88.2 Å². The lowest BCUT2D eigenvalue weighted by molar-refractivity contribution is -0.135. The van der Waals surface area contributed by atoms with Gasteiger partial charge in [0.2, 0.25) is 0 Å². The van der Waals surface area contributed by atoms with Gasteiger partial charge in [-0.15, -0.1) is 0 Å². The van der Waals surface area contributed by atoms with Gasteiger partial charge in [0, 0.05) is 30.6 Å². The summed E-state index contributed by atoms with van der Waals surface area (Å²) in [6.07, 6.45) is 7.35. The maximum absolute atomic E-state index is 13.5. The first-order chi connectivity index (χ1) is 17.8. The van der Waals surface area contributed by atoms with Crippen molar-refractivity contribution < 1.29 is 23.5 Å². The molecule has 2 aliphatic carbocycles. The average molecular weight is 504 g/mol. The molecule has 190 valence electrons. The lowest BCUT2D eigenvalue weighted by atomic mass is 9.88. The van der Waals surface area contributed by atoms with Gasteiger partial charge in [-0.1, -0.05) is 23.8 Å². The van der Waals surface area contributed by atoms with Crippen LogP contribution in [0, 0.1) is 18.7 Å². The van der Waals surface area contributed by atoms with Gasteiger partial charge in [-0.2, -0.15) is 5.10 Å². The third-order valence-electron chi connectivity index (χ3n) is 6.88. The van der Waals surface area contributed by atoms with Gasteiger partial charge in [0.25, 0.3) is 11.8 Å². The molecule has 2 aliphatic rings. The van der Waals surface area contributed by atoms with Crippen molar-refractivity contribution >= 4 is 23.4 Å². The van der Waals surface area contributed by atoms with Crippen LogP contribution in [-0.4, -0.2) is 45.5 Å². The number of hydrogen-bond donors (Lipinski definition) is 2. The van der Waals surface area contributed by atoms with E-state index in [-0.39, 0.29) is 47.6 Å². The number of halogens is 1. The maximum atomic E-state index is 13.5. The lowest BCUT2D eigenvalue weighted by Gasteiger charge is -2.23. The van der Waals surface area contributed by atoms with Crippen molar-refractivity contribution in [2.45, 2.75) is 38.8 Å². The molecule has 0 bridgehead atoms. The molecule has 0 spiro atoms. The molecule has 1 unspecified atom stereocenters. The van der Waals surface area contributed by atoms with Crippen LogP contribution in [0.1, 0.15) is 51.4 Å². The van der Waals surface area contributed by atoms with Crippen molar-refractivity contribution in [1.29, 1.82) is 0 Å². The molecule has 0 saturated heterocycles. The topological polar surface area (TPSA) is 115 Å². The van der Waals surface area contributed by atoms with E-state index in [0.29, 0.717) is 23.2 Å². The summed E-state index contributed by atoms with van der Waals surface area (Å²) in [6.45, 7) is 1.85. The largest absolute Gasteiger partial charge is 0.465 e. The van der Waals surface area contributed by atoms with Crippen molar-refractivity contribution in [3.63, 3.8) is 0 Å². The number of aromatic nitrogens is 3. The molecule has 2 amide bonds. The summed E-state index contributed by atoms with van der Waals surface area (Å²) in [4.78, 5) is 42.5. The number of methoxy groups -OCH3 is 1. The second-order valence-electron chi connectivity index (χ2n) is 9.23. The number of rotatable bonds is 6. The highest BCUT2D eigenvalue weighted by Crippen LogP contribution is 2.38. The normalized spacial score (nSPS) is 18.6. The molecule has 2 aromatic heterocycles.